The summed E-state index contributed by atoms with van der Waals surface area (Å²) in [6.07, 6.45) is 4.25. The van der Waals surface area contributed by atoms with Crippen LogP contribution in [-0.4, -0.2) is 24.8 Å². The third-order valence-corrected chi connectivity index (χ3v) is 2.47. The summed E-state index contributed by atoms with van der Waals surface area (Å²) >= 11 is 0. The molecule has 0 aromatic carbocycles. The minimum Gasteiger partial charge on any atom is -0.356 e. The number of hydrogen-bond donors (Lipinski definition) is 0. The van der Waals surface area contributed by atoms with Crippen LogP contribution in [0.5, 0.6) is 0 Å². The fourth-order valence-electron chi connectivity index (χ4n) is 1.19. The topological polar surface area (TPSA) is 82.3 Å². The van der Waals surface area contributed by atoms with E-state index < -0.39 is 10.1 Å². The number of pyridine rings is 1. The van der Waals surface area contributed by atoms with E-state index >= 15 is 0 Å². The molecule has 0 saturated heterocycles. The van der Waals surface area contributed by atoms with Crippen molar-refractivity contribution in [3.8, 4) is 11.3 Å². The van der Waals surface area contributed by atoms with Crippen molar-refractivity contribution in [2.24, 2.45) is 0 Å². The Bertz CT molecular complexity index is 592. The molecular weight excluding hydrogens is 244 g/mol. The van der Waals surface area contributed by atoms with Crippen LogP contribution in [-0.2, 0) is 20.9 Å². The lowest BCUT2D eigenvalue weighted by atomic mass is 10.2. The van der Waals surface area contributed by atoms with Crippen molar-refractivity contribution in [1.82, 2.24) is 10.1 Å². The van der Waals surface area contributed by atoms with Gasteiger partial charge in [-0.1, -0.05) is 5.16 Å². The molecule has 0 saturated carbocycles. The molecule has 0 atom stereocenters. The van der Waals surface area contributed by atoms with Gasteiger partial charge in [-0.05, 0) is 12.1 Å². The van der Waals surface area contributed by atoms with E-state index in [1.54, 1.807) is 24.5 Å². The second-order valence-corrected chi connectivity index (χ2v) is 5.03. The summed E-state index contributed by atoms with van der Waals surface area (Å²) in [5.74, 6) is 0.519. The number of nitrogens with zero attached hydrogens (tertiary/aromatic N) is 2. The zero-order valence-corrected chi connectivity index (χ0v) is 9.85. The van der Waals surface area contributed by atoms with Crippen LogP contribution in [0, 0.1) is 0 Å². The van der Waals surface area contributed by atoms with E-state index in [0.717, 1.165) is 11.8 Å². The largest absolute Gasteiger partial charge is 0.356 e. The first-order chi connectivity index (χ1) is 8.04. The third kappa shape index (κ3) is 3.36. The van der Waals surface area contributed by atoms with Crippen LogP contribution in [0.4, 0.5) is 0 Å². The molecule has 17 heavy (non-hydrogen) atoms. The molecular formula is C10H10N2O4S. The Labute approximate surface area is 98.4 Å². The Morgan fingerprint density at radius 1 is 1.47 bits per heavy atom. The molecule has 2 aromatic heterocycles. The van der Waals surface area contributed by atoms with Gasteiger partial charge in [0.05, 0.1) is 6.26 Å². The van der Waals surface area contributed by atoms with Crippen molar-refractivity contribution in [2.45, 2.75) is 6.61 Å². The molecule has 0 unspecified atom stereocenters. The smallest absolute Gasteiger partial charge is 0.264 e. The van der Waals surface area contributed by atoms with E-state index in [4.69, 9.17) is 4.52 Å². The molecule has 0 N–H and O–H groups in total. The van der Waals surface area contributed by atoms with Crippen molar-refractivity contribution in [3.05, 3.63) is 36.3 Å². The average molecular weight is 254 g/mol. The molecule has 0 fully saturated rings. The van der Waals surface area contributed by atoms with E-state index in [-0.39, 0.29) is 6.61 Å². The zero-order chi connectivity index (χ0) is 12.3. The highest BCUT2D eigenvalue weighted by molar-refractivity contribution is 7.85. The number of aromatic nitrogens is 2. The molecule has 0 spiro atoms. The maximum absolute atomic E-state index is 10.8. The lowest BCUT2D eigenvalue weighted by Crippen LogP contribution is -2.02. The van der Waals surface area contributed by atoms with Gasteiger partial charge in [0.2, 0.25) is 0 Å². The van der Waals surface area contributed by atoms with Crippen LogP contribution in [0.15, 0.2) is 35.1 Å². The van der Waals surface area contributed by atoms with Crippen molar-refractivity contribution in [1.29, 1.82) is 0 Å². The van der Waals surface area contributed by atoms with Crippen LogP contribution in [0.3, 0.4) is 0 Å². The summed E-state index contributed by atoms with van der Waals surface area (Å²) in [7, 11) is -3.47. The summed E-state index contributed by atoms with van der Waals surface area (Å²) in [5.41, 5.74) is 1.18. The molecule has 0 aliphatic rings. The van der Waals surface area contributed by atoms with Gasteiger partial charge < -0.3 is 4.52 Å². The first-order valence-electron chi connectivity index (χ1n) is 4.75. The van der Waals surface area contributed by atoms with E-state index in [1.165, 1.54) is 0 Å². The van der Waals surface area contributed by atoms with Gasteiger partial charge in [-0.2, -0.15) is 8.42 Å². The molecule has 0 radical (unpaired) electrons. The van der Waals surface area contributed by atoms with E-state index in [2.05, 4.69) is 14.3 Å². The van der Waals surface area contributed by atoms with Crippen LogP contribution < -0.4 is 0 Å². The fraction of sp³-hybridized carbons (Fsp3) is 0.200. The quantitative estimate of drug-likeness (QED) is 0.763. The van der Waals surface area contributed by atoms with Gasteiger partial charge in [0.1, 0.15) is 12.3 Å². The predicted molar refractivity (Wildman–Crippen MR) is 59.4 cm³/mol. The van der Waals surface area contributed by atoms with Gasteiger partial charge in [0.25, 0.3) is 10.1 Å². The Balaban J connectivity index is 2.12. The van der Waals surface area contributed by atoms with Crippen molar-refractivity contribution >= 4 is 10.1 Å². The Morgan fingerprint density at radius 3 is 2.94 bits per heavy atom. The predicted octanol–water partition coefficient (Wildman–Crippen LogP) is 1.21. The zero-order valence-electron chi connectivity index (χ0n) is 9.03. The molecule has 7 heteroatoms. The number of hydrogen-bond acceptors (Lipinski definition) is 6. The summed E-state index contributed by atoms with van der Waals surface area (Å²) in [6.45, 7) is -0.136. The van der Waals surface area contributed by atoms with Gasteiger partial charge in [-0.25, -0.2) is 0 Å². The van der Waals surface area contributed by atoms with Crippen molar-refractivity contribution < 1.29 is 17.1 Å². The van der Waals surface area contributed by atoms with Gasteiger partial charge in [-0.15, -0.1) is 0 Å². The highest BCUT2D eigenvalue weighted by Gasteiger charge is 2.09. The maximum atomic E-state index is 10.8. The molecule has 0 aliphatic heterocycles. The summed E-state index contributed by atoms with van der Waals surface area (Å²) in [4.78, 5) is 3.94. The lowest BCUT2D eigenvalue weighted by Gasteiger charge is -1.95. The summed E-state index contributed by atoms with van der Waals surface area (Å²) in [6, 6.07) is 5.20. The molecule has 2 heterocycles. The molecule has 0 bridgehead atoms. The highest BCUT2D eigenvalue weighted by atomic mass is 32.2. The van der Waals surface area contributed by atoms with Crippen molar-refractivity contribution in [2.75, 3.05) is 6.26 Å². The molecule has 0 amide bonds. The van der Waals surface area contributed by atoms with E-state index in [9.17, 15) is 8.42 Å². The summed E-state index contributed by atoms with van der Waals surface area (Å²) < 4.78 is 31.2. The van der Waals surface area contributed by atoms with Crippen molar-refractivity contribution in [3.63, 3.8) is 0 Å². The van der Waals surface area contributed by atoms with E-state index in [1.807, 2.05) is 6.07 Å². The highest BCUT2D eigenvalue weighted by Crippen LogP contribution is 2.19. The SMILES string of the molecule is CS(=O)(=O)OCc1cc(-c2cccnc2)on1. The Hall–Kier alpha value is -1.73. The Morgan fingerprint density at radius 2 is 2.29 bits per heavy atom. The maximum Gasteiger partial charge on any atom is 0.264 e. The standard InChI is InChI=1S/C10H10N2O4S/c1-17(13,14)15-7-9-5-10(16-12-9)8-3-2-4-11-6-8/h2-6H,7H2,1H3. The van der Waals surface area contributed by atoms with Gasteiger partial charge in [0.15, 0.2) is 5.76 Å². The van der Waals surface area contributed by atoms with Crippen LogP contribution >= 0.6 is 0 Å². The average Bonchev–Trinajstić information content (AvgIpc) is 2.75. The van der Waals surface area contributed by atoms with Crippen LogP contribution in [0.25, 0.3) is 11.3 Å². The normalized spacial score (nSPS) is 11.6. The Kier molecular flexibility index (Phi) is 3.21. The molecule has 90 valence electrons. The van der Waals surface area contributed by atoms with Gasteiger partial charge in [-0.3, -0.25) is 9.17 Å². The molecule has 2 rings (SSSR count). The third-order valence-electron chi connectivity index (χ3n) is 1.93. The van der Waals surface area contributed by atoms with Crippen LogP contribution in [0.1, 0.15) is 5.69 Å². The second kappa shape index (κ2) is 4.64. The molecule has 6 nitrogen and oxygen atoms in total. The second-order valence-electron chi connectivity index (χ2n) is 3.39. The van der Waals surface area contributed by atoms with Gasteiger partial charge >= 0.3 is 0 Å². The first-order valence-corrected chi connectivity index (χ1v) is 6.57. The van der Waals surface area contributed by atoms with Crippen LogP contribution in [0.2, 0.25) is 0 Å². The molecule has 2 aromatic rings. The minimum atomic E-state index is -3.47. The monoisotopic (exact) mass is 254 g/mol. The number of rotatable bonds is 4. The molecule has 0 aliphatic carbocycles. The first kappa shape index (κ1) is 11.7. The fourth-order valence-corrected chi connectivity index (χ4v) is 1.53. The van der Waals surface area contributed by atoms with Gasteiger partial charge in [0, 0.05) is 24.0 Å². The van der Waals surface area contributed by atoms with E-state index in [0.29, 0.717) is 11.5 Å². The summed E-state index contributed by atoms with van der Waals surface area (Å²) in [5, 5.41) is 3.70. The lowest BCUT2D eigenvalue weighted by molar-refractivity contribution is 0.296. The minimum absolute atomic E-state index is 0.136.